The molecule has 2 heterocycles. The molecule has 6 heteroatoms. The maximum Gasteiger partial charge on any atom is 0.344 e. The highest BCUT2D eigenvalue weighted by Gasteiger charge is 2.16. The van der Waals surface area contributed by atoms with Crippen molar-refractivity contribution >= 4 is 16.9 Å². The predicted octanol–water partition coefficient (Wildman–Crippen LogP) is 2.28. The molecular weight excluding hydrogens is 300 g/mol. The molecule has 0 bridgehead atoms. The molecule has 122 valence electrons. The van der Waals surface area contributed by atoms with Crippen molar-refractivity contribution in [1.82, 2.24) is 0 Å². The summed E-state index contributed by atoms with van der Waals surface area (Å²) in [6.45, 7) is 0.783. The maximum absolute atomic E-state index is 11.7. The zero-order valence-electron chi connectivity index (χ0n) is 12.7. The molecule has 0 spiro atoms. The smallest absolute Gasteiger partial charge is 0.344 e. The van der Waals surface area contributed by atoms with E-state index in [1.807, 2.05) is 0 Å². The van der Waals surface area contributed by atoms with Crippen LogP contribution in [0.4, 0.5) is 0 Å². The quantitative estimate of drug-likeness (QED) is 0.622. The monoisotopic (exact) mass is 318 g/mol. The Labute approximate surface area is 132 Å². The third-order valence-corrected chi connectivity index (χ3v) is 3.66. The van der Waals surface area contributed by atoms with Gasteiger partial charge in [0.1, 0.15) is 17.9 Å². The van der Waals surface area contributed by atoms with Crippen LogP contribution in [0.5, 0.6) is 5.75 Å². The number of carbonyl (C=O) groups excluding carboxylic acids is 1. The van der Waals surface area contributed by atoms with Crippen molar-refractivity contribution in [3.63, 3.8) is 0 Å². The fraction of sp³-hybridized carbons (Fsp3) is 0.412. The number of hydrogen-bond donors (Lipinski definition) is 0. The minimum Gasteiger partial charge on any atom is -0.482 e. The molecule has 3 rings (SSSR count). The summed E-state index contributed by atoms with van der Waals surface area (Å²) in [6, 6.07) is 8.07. The lowest BCUT2D eigenvalue weighted by Crippen LogP contribution is -2.27. The Balaban J connectivity index is 1.51. The summed E-state index contributed by atoms with van der Waals surface area (Å²) in [5, 5.41) is 0.786. The lowest BCUT2D eigenvalue weighted by molar-refractivity contribution is -0.151. The Hall–Kier alpha value is -2.34. The fourth-order valence-electron chi connectivity index (χ4n) is 2.44. The first-order valence-electron chi connectivity index (χ1n) is 7.65. The van der Waals surface area contributed by atoms with Crippen LogP contribution in [-0.2, 0) is 14.3 Å². The molecule has 1 aromatic heterocycles. The van der Waals surface area contributed by atoms with Crippen LogP contribution in [0.3, 0.4) is 0 Å². The third-order valence-electron chi connectivity index (χ3n) is 3.66. The Kier molecular flexibility index (Phi) is 4.92. The van der Waals surface area contributed by atoms with Gasteiger partial charge in [0.2, 0.25) is 0 Å². The van der Waals surface area contributed by atoms with Crippen LogP contribution in [-0.4, -0.2) is 31.9 Å². The molecule has 1 atom stereocenters. The lowest BCUT2D eigenvalue weighted by atomic mass is 10.1. The Morgan fingerprint density at radius 1 is 1.22 bits per heavy atom. The number of rotatable bonds is 5. The van der Waals surface area contributed by atoms with Crippen molar-refractivity contribution in [3.8, 4) is 5.75 Å². The lowest BCUT2D eigenvalue weighted by Gasteiger charge is -2.22. The van der Waals surface area contributed by atoms with E-state index >= 15 is 0 Å². The number of fused-ring (bicyclic) bond motifs is 1. The van der Waals surface area contributed by atoms with Crippen LogP contribution in [0.1, 0.15) is 19.3 Å². The highest BCUT2D eigenvalue weighted by atomic mass is 16.6. The van der Waals surface area contributed by atoms with Gasteiger partial charge >= 0.3 is 11.6 Å². The van der Waals surface area contributed by atoms with Gasteiger partial charge in [0.25, 0.3) is 0 Å². The minimum atomic E-state index is -0.450. The van der Waals surface area contributed by atoms with E-state index in [0.717, 1.165) is 31.3 Å². The highest BCUT2D eigenvalue weighted by Crippen LogP contribution is 2.19. The normalized spacial score (nSPS) is 17.8. The number of ether oxygens (including phenoxy) is 3. The molecule has 1 fully saturated rings. The molecule has 0 amide bonds. The van der Waals surface area contributed by atoms with Crippen LogP contribution >= 0.6 is 0 Å². The third kappa shape index (κ3) is 4.32. The zero-order chi connectivity index (χ0) is 16.1. The van der Waals surface area contributed by atoms with E-state index in [4.69, 9.17) is 18.6 Å². The zero-order valence-corrected chi connectivity index (χ0v) is 12.7. The van der Waals surface area contributed by atoms with Crippen LogP contribution in [0.25, 0.3) is 11.0 Å². The standard InChI is InChI=1S/C17H18O6/c18-16-7-5-12-4-6-13(9-15(12)23-16)21-11-17(19)22-10-14-3-1-2-8-20-14/h4-7,9,14H,1-3,8,10-11H2. The number of hydrogen-bond acceptors (Lipinski definition) is 6. The van der Waals surface area contributed by atoms with Crippen LogP contribution in [0.15, 0.2) is 39.5 Å². The number of benzene rings is 1. The summed E-state index contributed by atoms with van der Waals surface area (Å²) in [6.07, 6.45) is 3.06. The van der Waals surface area contributed by atoms with Gasteiger partial charge in [-0.15, -0.1) is 0 Å². The molecule has 0 saturated carbocycles. The van der Waals surface area contributed by atoms with E-state index < -0.39 is 11.6 Å². The van der Waals surface area contributed by atoms with Gasteiger partial charge in [-0.1, -0.05) is 0 Å². The second-order valence-electron chi connectivity index (χ2n) is 5.41. The Morgan fingerprint density at radius 2 is 2.09 bits per heavy atom. The number of esters is 1. The molecule has 0 radical (unpaired) electrons. The summed E-state index contributed by atoms with van der Waals surface area (Å²) in [5.74, 6) is -0.00787. The first-order valence-corrected chi connectivity index (χ1v) is 7.65. The van der Waals surface area contributed by atoms with Crippen LogP contribution in [0, 0.1) is 0 Å². The largest absolute Gasteiger partial charge is 0.482 e. The number of carbonyl (C=O) groups is 1. The average molecular weight is 318 g/mol. The van der Waals surface area contributed by atoms with E-state index in [9.17, 15) is 9.59 Å². The molecular formula is C17H18O6. The van der Waals surface area contributed by atoms with Crippen molar-refractivity contribution in [2.24, 2.45) is 0 Å². The van der Waals surface area contributed by atoms with Crippen molar-refractivity contribution in [2.45, 2.75) is 25.4 Å². The SMILES string of the molecule is O=C(COc1ccc2ccc(=O)oc2c1)OCC1CCCCO1. The summed E-state index contributed by atoms with van der Waals surface area (Å²) in [4.78, 5) is 22.9. The minimum absolute atomic E-state index is 0.0114. The molecule has 2 aromatic rings. The molecule has 0 aliphatic carbocycles. The van der Waals surface area contributed by atoms with Gasteiger partial charge in [0.05, 0.1) is 6.10 Å². The van der Waals surface area contributed by atoms with E-state index in [0.29, 0.717) is 11.3 Å². The van der Waals surface area contributed by atoms with Gasteiger partial charge in [0, 0.05) is 24.1 Å². The molecule has 1 aliphatic heterocycles. The molecule has 0 N–H and O–H groups in total. The van der Waals surface area contributed by atoms with E-state index in [1.165, 1.54) is 6.07 Å². The van der Waals surface area contributed by atoms with Gasteiger partial charge in [-0.05, 0) is 37.5 Å². The topological polar surface area (TPSA) is 75.0 Å². The fourth-order valence-corrected chi connectivity index (χ4v) is 2.44. The molecule has 1 saturated heterocycles. The Morgan fingerprint density at radius 3 is 2.91 bits per heavy atom. The molecule has 1 aliphatic rings. The van der Waals surface area contributed by atoms with Crippen molar-refractivity contribution < 1.29 is 23.4 Å². The summed E-state index contributed by atoms with van der Waals surface area (Å²) in [7, 11) is 0. The van der Waals surface area contributed by atoms with E-state index in [1.54, 1.807) is 24.3 Å². The average Bonchev–Trinajstić information content (AvgIpc) is 2.58. The van der Waals surface area contributed by atoms with Crippen molar-refractivity contribution in [2.75, 3.05) is 19.8 Å². The predicted molar refractivity (Wildman–Crippen MR) is 82.5 cm³/mol. The van der Waals surface area contributed by atoms with Gasteiger partial charge in [-0.25, -0.2) is 9.59 Å². The van der Waals surface area contributed by atoms with E-state index in [-0.39, 0.29) is 19.3 Å². The van der Waals surface area contributed by atoms with Crippen LogP contribution < -0.4 is 10.4 Å². The molecule has 23 heavy (non-hydrogen) atoms. The molecule has 6 nitrogen and oxygen atoms in total. The maximum atomic E-state index is 11.7. The first-order chi connectivity index (χ1) is 11.2. The van der Waals surface area contributed by atoms with Gasteiger partial charge in [0.15, 0.2) is 6.61 Å². The summed E-state index contributed by atoms with van der Waals surface area (Å²) >= 11 is 0. The van der Waals surface area contributed by atoms with Crippen molar-refractivity contribution in [3.05, 3.63) is 40.8 Å². The second kappa shape index (κ2) is 7.28. The highest BCUT2D eigenvalue weighted by molar-refractivity contribution is 5.78. The van der Waals surface area contributed by atoms with E-state index in [2.05, 4.69) is 0 Å². The molecule has 1 aromatic carbocycles. The van der Waals surface area contributed by atoms with Gasteiger partial charge < -0.3 is 18.6 Å². The first kappa shape index (κ1) is 15.6. The summed E-state index contributed by atoms with van der Waals surface area (Å²) in [5.41, 5.74) is -0.0134. The second-order valence-corrected chi connectivity index (χ2v) is 5.41. The molecule has 1 unspecified atom stereocenters. The summed E-state index contributed by atoms with van der Waals surface area (Å²) < 4.78 is 21.1. The van der Waals surface area contributed by atoms with Crippen LogP contribution in [0.2, 0.25) is 0 Å². The van der Waals surface area contributed by atoms with Crippen molar-refractivity contribution in [1.29, 1.82) is 0 Å². The van der Waals surface area contributed by atoms with Gasteiger partial charge in [-0.2, -0.15) is 0 Å². The van der Waals surface area contributed by atoms with Gasteiger partial charge in [-0.3, -0.25) is 0 Å². The Bertz CT molecular complexity index is 729.